The van der Waals surface area contributed by atoms with Gasteiger partial charge in [0.1, 0.15) is 0 Å². The van der Waals surface area contributed by atoms with Crippen LogP contribution >= 0.6 is 23.2 Å². The molecule has 4 rings (SSSR count). The van der Waals surface area contributed by atoms with Crippen LogP contribution in [0.25, 0.3) is 0 Å². The second-order valence-corrected chi connectivity index (χ2v) is 8.13. The number of benzene rings is 2. The third-order valence-electron chi connectivity index (χ3n) is 5.38. The Labute approximate surface area is 182 Å². The van der Waals surface area contributed by atoms with Crippen LogP contribution in [0.5, 0.6) is 0 Å². The lowest BCUT2D eigenvalue weighted by Gasteiger charge is -2.37. The first-order chi connectivity index (χ1) is 14.2. The highest BCUT2D eigenvalue weighted by Gasteiger charge is 2.27. The standard InChI is InChI=1S/C24H23Cl2N3/c25-22-7-6-20(16-23(22)26)24(19-4-2-1-3-5-19)29-14-10-21(11-15-29)28-17-18-8-12-27-13-9-18/h1-9,12-13,16-17,21,24H,10-11,14-15H2. The molecule has 1 atom stereocenters. The molecule has 1 aliphatic rings. The van der Waals surface area contributed by atoms with E-state index in [9.17, 15) is 0 Å². The first kappa shape index (κ1) is 20.1. The molecule has 0 saturated carbocycles. The minimum Gasteiger partial charge on any atom is -0.292 e. The van der Waals surface area contributed by atoms with Crippen molar-refractivity contribution in [2.24, 2.45) is 4.99 Å². The molecule has 3 aromatic rings. The minimum atomic E-state index is 0.163. The Hall–Kier alpha value is -2.20. The molecule has 5 heteroatoms. The van der Waals surface area contributed by atoms with Gasteiger partial charge < -0.3 is 0 Å². The molecule has 2 heterocycles. The first-order valence-corrected chi connectivity index (χ1v) is 10.6. The fourth-order valence-electron chi connectivity index (χ4n) is 3.87. The predicted molar refractivity (Wildman–Crippen MR) is 121 cm³/mol. The molecule has 1 saturated heterocycles. The van der Waals surface area contributed by atoms with E-state index in [-0.39, 0.29) is 6.04 Å². The number of rotatable bonds is 5. The number of nitrogens with zero attached hydrogens (tertiary/aromatic N) is 3. The average Bonchev–Trinajstić information content (AvgIpc) is 2.77. The normalized spacial score (nSPS) is 16.9. The highest BCUT2D eigenvalue weighted by molar-refractivity contribution is 6.42. The minimum absolute atomic E-state index is 0.163. The molecular weight excluding hydrogens is 401 g/mol. The van der Waals surface area contributed by atoms with Crippen molar-refractivity contribution < 1.29 is 0 Å². The van der Waals surface area contributed by atoms with Crippen molar-refractivity contribution in [1.29, 1.82) is 0 Å². The van der Waals surface area contributed by atoms with Crippen LogP contribution in [0.3, 0.4) is 0 Å². The molecule has 148 valence electrons. The third-order valence-corrected chi connectivity index (χ3v) is 6.12. The van der Waals surface area contributed by atoms with Gasteiger partial charge in [0.05, 0.1) is 22.1 Å². The van der Waals surface area contributed by atoms with Crippen LogP contribution < -0.4 is 0 Å². The van der Waals surface area contributed by atoms with Crippen molar-refractivity contribution in [2.45, 2.75) is 24.9 Å². The second kappa shape index (κ2) is 9.53. The predicted octanol–water partition coefficient (Wildman–Crippen LogP) is 6.06. The van der Waals surface area contributed by atoms with Crippen LogP contribution in [-0.4, -0.2) is 35.2 Å². The lowest BCUT2D eigenvalue weighted by atomic mass is 9.94. The van der Waals surface area contributed by atoms with E-state index in [4.69, 9.17) is 28.2 Å². The van der Waals surface area contributed by atoms with E-state index in [0.29, 0.717) is 16.1 Å². The van der Waals surface area contributed by atoms with Crippen LogP contribution in [0.2, 0.25) is 10.0 Å². The van der Waals surface area contributed by atoms with Crippen LogP contribution in [0, 0.1) is 0 Å². The van der Waals surface area contributed by atoms with E-state index in [0.717, 1.165) is 31.5 Å². The summed E-state index contributed by atoms with van der Waals surface area (Å²) in [5, 5.41) is 1.19. The lowest BCUT2D eigenvalue weighted by molar-refractivity contribution is 0.175. The maximum absolute atomic E-state index is 6.33. The zero-order valence-electron chi connectivity index (χ0n) is 16.1. The van der Waals surface area contributed by atoms with Crippen LogP contribution in [0.15, 0.2) is 78.0 Å². The Bertz CT molecular complexity index is 952. The van der Waals surface area contributed by atoms with Gasteiger partial charge in [0, 0.05) is 31.7 Å². The summed E-state index contributed by atoms with van der Waals surface area (Å²) in [7, 11) is 0. The zero-order chi connectivity index (χ0) is 20.1. The highest BCUT2D eigenvalue weighted by atomic mass is 35.5. The van der Waals surface area contributed by atoms with Gasteiger partial charge in [0.2, 0.25) is 0 Å². The Morgan fingerprint density at radius 2 is 1.62 bits per heavy atom. The molecule has 0 N–H and O–H groups in total. The van der Waals surface area contributed by atoms with Crippen molar-refractivity contribution in [1.82, 2.24) is 9.88 Å². The van der Waals surface area contributed by atoms with Gasteiger partial charge in [-0.05, 0) is 53.8 Å². The second-order valence-electron chi connectivity index (χ2n) is 7.31. The number of hydrogen-bond donors (Lipinski definition) is 0. The smallest absolute Gasteiger partial charge is 0.0602 e. The molecule has 29 heavy (non-hydrogen) atoms. The molecule has 0 amide bonds. The Balaban J connectivity index is 1.51. The fourth-order valence-corrected chi connectivity index (χ4v) is 4.17. The fraction of sp³-hybridized carbons (Fsp3) is 0.250. The lowest BCUT2D eigenvalue weighted by Crippen LogP contribution is -2.38. The summed E-state index contributed by atoms with van der Waals surface area (Å²) in [6, 6.07) is 21.0. The molecule has 2 aromatic carbocycles. The van der Waals surface area contributed by atoms with Gasteiger partial charge in [-0.15, -0.1) is 0 Å². The monoisotopic (exact) mass is 423 g/mol. The molecule has 0 bridgehead atoms. The Morgan fingerprint density at radius 3 is 2.31 bits per heavy atom. The van der Waals surface area contributed by atoms with Gasteiger partial charge >= 0.3 is 0 Å². The van der Waals surface area contributed by atoms with E-state index in [1.807, 2.05) is 30.5 Å². The number of hydrogen-bond acceptors (Lipinski definition) is 3. The van der Waals surface area contributed by atoms with Crippen LogP contribution in [-0.2, 0) is 0 Å². The first-order valence-electron chi connectivity index (χ1n) is 9.88. The number of piperidine rings is 1. The number of halogens is 2. The summed E-state index contributed by atoms with van der Waals surface area (Å²) in [6.07, 6.45) is 7.63. The summed E-state index contributed by atoms with van der Waals surface area (Å²) >= 11 is 12.5. The Morgan fingerprint density at radius 1 is 0.897 bits per heavy atom. The molecule has 1 aliphatic heterocycles. The largest absolute Gasteiger partial charge is 0.292 e. The van der Waals surface area contributed by atoms with Gasteiger partial charge in [-0.3, -0.25) is 14.9 Å². The zero-order valence-corrected chi connectivity index (χ0v) is 17.6. The molecule has 3 nitrogen and oxygen atoms in total. The average molecular weight is 424 g/mol. The highest BCUT2D eigenvalue weighted by Crippen LogP contribution is 2.34. The SMILES string of the molecule is Clc1ccc(C(c2ccccc2)N2CCC(N=Cc3ccncc3)CC2)cc1Cl. The maximum Gasteiger partial charge on any atom is 0.0602 e. The molecule has 1 aromatic heterocycles. The number of aliphatic imine (C=N–C) groups is 1. The van der Waals surface area contributed by atoms with Gasteiger partial charge in [-0.1, -0.05) is 59.6 Å². The molecule has 1 fully saturated rings. The van der Waals surface area contributed by atoms with Crippen molar-refractivity contribution in [3.63, 3.8) is 0 Å². The van der Waals surface area contributed by atoms with Crippen molar-refractivity contribution in [3.8, 4) is 0 Å². The number of aromatic nitrogens is 1. The summed E-state index contributed by atoms with van der Waals surface area (Å²) in [4.78, 5) is 11.4. The van der Waals surface area contributed by atoms with E-state index in [1.54, 1.807) is 12.4 Å². The van der Waals surface area contributed by atoms with E-state index < -0.39 is 0 Å². The molecule has 0 spiro atoms. The summed E-state index contributed by atoms with van der Waals surface area (Å²) < 4.78 is 0. The number of likely N-dealkylation sites (tertiary alicyclic amines) is 1. The van der Waals surface area contributed by atoms with Crippen molar-refractivity contribution in [2.75, 3.05) is 13.1 Å². The quantitative estimate of drug-likeness (QED) is 0.466. The molecule has 0 aliphatic carbocycles. The van der Waals surface area contributed by atoms with Crippen molar-refractivity contribution >= 4 is 29.4 Å². The third kappa shape index (κ3) is 5.05. The summed E-state index contributed by atoms with van der Waals surface area (Å²) in [5.74, 6) is 0. The van der Waals surface area contributed by atoms with Gasteiger partial charge in [-0.25, -0.2) is 0 Å². The van der Waals surface area contributed by atoms with Gasteiger partial charge in [-0.2, -0.15) is 0 Å². The molecular formula is C24H23Cl2N3. The van der Waals surface area contributed by atoms with Crippen LogP contribution in [0.1, 0.15) is 35.6 Å². The summed E-state index contributed by atoms with van der Waals surface area (Å²) in [5.41, 5.74) is 3.54. The van der Waals surface area contributed by atoms with E-state index in [2.05, 4.69) is 46.3 Å². The maximum atomic E-state index is 6.33. The van der Waals surface area contributed by atoms with Gasteiger partial charge in [0.15, 0.2) is 0 Å². The number of pyridine rings is 1. The van der Waals surface area contributed by atoms with Gasteiger partial charge in [0.25, 0.3) is 0 Å². The van der Waals surface area contributed by atoms with E-state index >= 15 is 0 Å². The summed E-state index contributed by atoms with van der Waals surface area (Å²) in [6.45, 7) is 1.97. The molecule has 1 unspecified atom stereocenters. The van der Waals surface area contributed by atoms with E-state index in [1.165, 1.54) is 11.1 Å². The van der Waals surface area contributed by atoms with Crippen molar-refractivity contribution in [3.05, 3.63) is 99.8 Å². The molecule has 0 radical (unpaired) electrons. The Kier molecular flexibility index (Phi) is 6.60. The topological polar surface area (TPSA) is 28.5 Å². The van der Waals surface area contributed by atoms with Crippen LogP contribution in [0.4, 0.5) is 0 Å².